The Morgan fingerprint density at radius 1 is 1.58 bits per heavy atom. The van der Waals surface area contributed by atoms with Crippen LogP contribution in [0.5, 0.6) is 0 Å². The highest BCUT2D eigenvalue weighted by atomic mass is 15.2. The van der Waals surface area contributed by atoms with Crippen LogP contribution in [0.1, 0.15) is 19.8 Å². The van der Waals surface area contributed by atoms with Crippen molar-refractivity contribution in [2.45, 2.75) is 19.8 Å². The number of allylic oxidation sites excluding steroid dienone is 1. The van der Waals surface area contributed by atoms with Crippen LogP contribution in [0.25, 0.3) is 0 Å². The van der Waals surface area contributed by atoms with Gasteiger partial charge in [-0.1, -0.05) is 13.3 Å². The maximum absolute atomic E-state index is 7.52. The van der Waals surface area contributed by atoms with Crippen LogP contribution >= 0.6 is 0 Å². The molecule has 12 heavy (non-hydrogen) atoms. The number of hydrogen-bond acceptors (Lipinski definition) is 3. The molecule has 0 radical (unpaired) electrons. The van der Waals surface area contributed by atoms with E-state index in [4.69, 9.17) is 5.41 Å². The summed E-state index contributed by atoms with van der Waals surface area (Å²) in [6.45, 7) is 5.49. The molecule has 0 aliphatic heterocycles. The SMILES string of the molecule is C=N/C(=C\C(=N)CCC)N(C)C. The van der Waals surface area contributed by atoms with Crippen LogP contribution in [0.15, 0.2) is 16.9 Å². The highest BCUT2D eigenvalue weighted by Gasteiger charge is 1.97. The van der Waals surface area contributed by atoms with Gasteiger partial charge in [0, 0.05) is 25.9 Å². The van der Waals surface area contributed by atoms with Crippen LogP contribution in [-0.4, -0.2) is 31.4 Å². The molecule has 0 bridgehead atoms. The first-order valence-corrected chi connectivity index (χ1v) is 4.05. The highest BCUT2D eigenvalue weighted by molar-refractivity contribution is 5.92. The Bertz CT molecular complexity index is 192. The van der Waals surface area contributed by atoms with E-state index < -0.39 is 0 Å². The third-order valence-corrected chi connectivity index (χ3v) is 1.44. The topological polar surface area (TPSA) is 39.5 Å². The molecule has 0 aromatic rings. The smallest absolute Gasteiger partial charge is 0.129 e. The van der Waals surface area contributed by atoms with Gasteiger partial charge in [-0.05, 0) is 13.1 Å². The van der Waals surface area contributed by atoms with E-state index >= 15 is 0 Å². The summed E-state index contributed by atoms with van der Waals surface area (Å²) in [7, 11) is 3.78. The molecule has 0 atom stereocenters. The van der Waals surface area contributed by atoms with Crippen molar-refractivity contribution in [1.82, 2.24) is 4.90 Å². The van der Waals surface area contributed by atoms with Crippen molar-refractivity contribution in [2.75, 3.05) is 14.1 Å². The van der Waals surface area contributed by atoms with Gasteiger partial charge in [-0.3, -0.25) is 0 Å². The standard InChI is InChI=1S/C9H17N3/c1-5-6-8(10)7-9(11-2)12(3)4/h7,10H,2,5-6H2,1,3-4H3/b9-7+,10-8?. The molecular weight excluding hydrogens is 150 g/mol. The zero-order valence-corrected chi connectivity index (χ0v) is 8.09. The number of hydrogen-bond donors (Lipinski definition) is 1. The van der Waals surface area contributed by atoms with Crippen molar-refractivity contribution < 1.29 is 0 Å². The first-order valence-electron chi connectivity index (χ1n) is 4.05. The zero-order valence-electron chi connectivity index (χ0n) is 8.09. The largest absolute Gasteiger partial charge is 0.363 e. The summed E-state index contributed by atoms with van der Waals surface area (Å²) in [5, 5.41) is 7.52. The van der Waals surface area contributed by atoms with Crippen molar-refractivity contribution in [2.24, 2.45) is 4.99 Å². The molecule has 3 nitrogen and oxygen atoms in total. The fourth-order valence-corrected chi connectivity index (χ4v) is 0.814. The van der Waals surface area contributed by atoms with Gasteiger partial charge < -0.3 is 10.3 Å². The molecule has 0 heterocycles. The van der Waals surface area contributed by atoms with E-state index in [1.165, 1.54) is 0 Å². The molecule has 3 heteroatoms. The lowest BCUT2D eigenvalue weighted by Crippen LogP contribution is -2.10. The minimum Gasteiger partial charge on any atom is -0.363 e. The molecule has 0 saturated heterocycles. The molecule has 0 aliphatic rings. The van der Waals surface area contributed by atoms with Crippen molar-refractivity contribution in [3.8, 4) is 0 Å². The molecule has 68 valence electrons. The van der Waals surface area contributed by atoms with Gasteiger partial charge in [-0.25, -0.2) is 4.99 Å². The number of aliphatic imine (C=N–C) groups is 1. The van der Waals surface area contributed by atoms with E-state index in [2.05, 4.69) is 18.6 Å². The van der Waals surface area contributed by atoms with Crippen LogP contribution < -0.4 is 0 Å². The van der Waals surface area contributed by atoms with Gasteiger partial charge >= 0.3 is 0 Å². The van der Waals surface area contributed by atoms with Gasteiger partial charge in [0.25, 0.3) is 0 Å². The molecule has 0 fully saturated rings. The van der Waals surface area contributed by atoms with Crippen LogP contribution in [-0.2, 0) is 0 Å². The summed E-state index contributed by atoms with van der Waals surface area (Å²) in [4.78, 5) is 5.65. The van der Waals surface area contributed by atoms with Gasteiger partial charge in [-0.2, -0.15) is 0 Å². The lowest BCUT2D eigenvalue weighted by atomic mass is 10.2. The maximum Gasteiger partial charge on any atom is 0.129 e. The van der Waals surface area contributed by atoms with Crippen molar-refractivity contribution in [3.63, 3.8) is 0 Å². The summed E-state index contributed by atoms with van der Waals surface area (Å²) >= 11 is 0. The molecule has 0 rings (SSSR count). The second-order valence-corrected chi connectivity index (χ2v) is 2.83. The summed E-state index contributed by atoms with van der Waals surface area (Å²) in [5.74, 6) is 0.744. The van der Waals surface area contributed by atoms with E-state index in [-0.39, 0.29) is 0 Å². The molecule has 0 aliphatic carbocycles. The molecule has 0 saturated carbocycles. The lowest BCUT2D eigenvalue weighted by molar-refractivity contribution is 0.508. The Morgan fingerprint density at radius 2 is 2.17 bits per heavy atom. The van der Waals surface area contributed by atoms with E-state index in [9.17, 15) is 0 Å². The quantitative estimate of drug-likeness (QED) is 0.624. The third-order valence-electron chi connectivity index (χ3n) is 1.44. The molecule has 0 aromatic heterocycles. The van der Waals surface area contributed by atoms with Crippen LogP contribution in [0.4, 0.5) is 0 Å². The first-order chi connectivity index (χ1) is 5.61. The molecule has 0 amide bonds. The van der Waals surface area contributed by atoms with Crippen LogP contribution in [0.2, 0.25) is 0 Å². The molecular formula is C9H17N3. The summed E-state index contributed by atoms with van der Waals surface area (Å²) in [6, 6.07) is 0. The lowest BCUT2D eigenvalue weighted by Gasteiger charge is -2.11. The van der Waals surface area contributed by atoms with E-state index in [1.54, 1.807) is 6.08 Å². The maximum atomic E-state index is 7.52. The fraction of sp³-hybridized carbons (Fsp3) is 0.556. The second kappa shape index (κ2) is 5.52. The Labute approximate surface area is 74.3 Å². The van der Waals surface area contributed by atoms with E-state index in [0.717, 1.165) is 18.7 Å². The average Bonchev–Trinajstić information content (AvgIpc) is 2.00. The van der Waals surface area contributed by atoms with Gasteiger partial charge in [0.2, 0.25) is 0 Å². The number of nitrogens with one attached hydrogen (secondary N) is 1. The Morgan fingerprint density at radius 3 is 2.50 bits per heavy atom. The highest BCUT2D eigenvalue weighted by Crippen LogP contribution is 2.01. The minimum absolute atomic E-state index is 0.605. The monoisotopic (exact) mass is 167 g/mol. The molecule has 0 aromatic carbocycles. The van der Waals surface area contributed by atoms with E-state index in [0.29, 0.717) is 5.71 Å². The third kappa shape index (κ3) is 3.91. The second-order valence-electron chi connectivity index (χ2n) is 2.83. The summed E-state index contributed by atoms with van der Waals surface area (Å²) in [5.41, 5.74) is 0.605. The fourth-order valence-electron chi connectivity index (χ4n) is 0.814. The van der Waals surface area contributed by atoms with Gasteiger partial charge in [0.05, 0.1) is 0 Å². The average molecular weight is 167 g/mol. The predicted octanol–water partition coefficient (Wildman–Crippen LogP) is 1.91. The number of nitrogens with zero attached hydrogens (tertiary/aromatic N) is 2. The normalized spacial score (nSPS) is 11.1. The molecule has 0 unspecified atom stereocenters. The zero-order chi connectivity index (χ0) is 9.56. The van der Waals surface area contributed by atoms with Crippen molar-refractivity contribution in [3.05, 3.63) is 11.9 Å². The summed E-state index contributed by atoms with van der Waals surface area (Å²) < 4.78 is 0. The van der Waals surface area contributed by atoms with Gasteiger partial charge in [0.15, 0.2) is 0 Å². The first kappa shape index (κ1) is 10.9. The summed E-state index contributed by atoms with van der Waals surface area (Å²) in [6.07, 6.45) is 3.54. The Balaban J connectivity index is 4.27. The minimum atomic E-state index is 0.605. The van der Waals surface area contributed by atoms with E-state index in [1.807, 2.05) is 19.0 Å². The van der Waals surface area contributed by atoms with Crippen molar-refractivity contribution >= 4 is 12.4 Å². The van der Waals surface area contributed by atoms with Gasteiger partial charge in [0.1, 0.15) is 5.82 Å². The molecule has 1 N–H and O–H groups in total. The van der Waals surface area contributed by atoms with Crippen molar-refractivity contribution in [1.29, 1.82) is 5.41 Å². The predicted molar refractivity (Wildman–Crippen MR) is 54.0 cm³/mol. The molecule has 0 spiro atoms. The Kier molecular flexibility index (Phi) is 5.00. The van der Waals surface area contributed by atoms with Crippen LogP contribution in [0, 0.1) is 5.41 Å². The van der Waals surface area contributed by atoms with Crippen LogP contribution in [0.3, 0.4) is 0 Å². The van der Waals surface area contributed by atoms with Gasteiger partial charge in [-0.15, -0.1) is 0 Å². The number of rotatable bonds is 5. The Hall–Kier alpha value is -1.12.